The van der Waals surface area contributed by atoms with Crippen LogP contribution < -0.4 is 0 Å². The van der Waals surface area contributed by atoms with Gasteiger partial charge in [-0.15, -0.1) is 0 Å². The van der Waals surface area contributed by atoms with Crippen molar-refractivity contribution in [3.05, 3.63) is 29.6 Å². The number of aromatic nitrogens is 1. The molecule has 6 nitrogen and oxygen atoms in total. The molecule has 7 heteroatoms. The Morgan fingerprint density at radius 2 is 2.19 bits per heavy atom. The molecule has 1 aliphatic heterocycles. The standard InChI is InChI=1S/C14H16N2O4S/c17-9-2-5-12-4-1-6-15-13(12)14(18)16-7-3-10-21(19,20)11-8-16/h1,4,6,17H,3,7-11H2. The Labute approximate surface area is 123 Å². The van der Waals surface area contributed by atoms with Crippen LogP contribution in [-0.4, -0.2) is 60.5 Å². The summed E-state index contributed by atoms with van der Waals surface area (Å²) < 4.78 is 23.2. The topological polar surface area (TPSA) is 87.6 Å². The number of rotatable bonds is 1. The fourth-order valence-corrected chi connectivity index (χ4v) is 3.37. The maximum absolute atomic E-state index is 12.5. The third-order valence-electron chi connectivity index (χ3n) is 3.16. The first kappa shape index (κ1) is 15.5. The summed E-state index contributed by atoms with van der Waals surface area (Å²) in [4.78, 5) is 18.0. The number of carbonyl (C=O) groups excluding carboxylic acids is 1. The fourth-order valence-electron chi connectivity index (χ4n) is 2.10. The van der Waals surface area contributed by atoms with Gasteiger partial charge >= 0.3 is 0 Å². The van der Waals surface area contributed by atoms with Crippen molar-refractivity contribution in [3.8, 4) is 11.8 Å². The highest BCUT2D eigenvalue weighted by Crippen LogP contribution is 2.12. The van der Waals surface area contributed by atoms with Crippen LogP contribution in [0.2, 0.25) is 0 Å². The summed E-state index contributed by atoms with van der Waals surface area (Å²) in [5.41, 5.74) is 0.626. The number of hydrogen-bond acceptors (Lipinski definition) is 5. The predicted octanol–water partition coefficient (Wildman–Crippen LogP) is -0.314. The number of hydrogen-bond donors (Lipinski definition) is 1. The summed E-state index contributed by atoms with van der Waals surface area (Å²) in [6.07, 6.45) is 1.92. The molecule has 1 amide bonds. The number of aliphatic hydroxyl groups is 1. The summed E-state index contributed by atoms with van der Waals surface area (Å²) >= 11 is 0. The van der Waals surface area contributed by atoms with Gasteiger partial charge in [0.05, 0.1) is 17.1 Å². The van der Waals surface area contributed by atoms with Crippen LogP contribution in [0.1, 0.15) is 22.5 Å². The number of carbonyl (C=O) groups is 1. The van der Waals surface area contributed by atoms with E-state index in [1.165, 1.54) is 11.1 Å². The van der Waals surface area contributed by atoms with Gasteiger partial charge in [0.25, 0.3) is 5.91 Å². The van der Waals surface area contributed by atoms with Crippen LogP contribution in [0.5, 0.6) is 0 Å². The van der Waals surface area contributed by atoms with Crippen LogP contribution in [-0.2, 0) is 9.84 Å². The van der Waals surface area contributed by atoms with Gasteiger partial charge in [0, 0.05) is 19.3 Å². The second-order valence-electron chi connectivity index (χ2n) is 4.66. The van der Waals surface area contributed by atoms with Gasteiger partial charge < -0.3 is 10.0 Å². The zero-order valence-electron chi connectivity index (χ0n) is 11.4. The third-order valence-corrected chi connectivity index (χ3v) is 4.87. The lowest BCUT2D eigenvalue weighted by atomic mass is 10.1. The van der Waals surface area contributed by atoms with Crippen molar-refractivity contribution in [1.82, 2.24) is 9.88 Å². The van der Waals surface area contributed by atoms with E-state index in [0.717, 1.165) is 0 Å². The van der Waals surface area contributed by atoms with E-state index in [4.69, 9.17) is 5.11 Å². The zero-order valence-corrected chi connectivity index (χ0v) is 12.3. The Hall–Kier alpha value is -1.91. The summed E-state index contributed by atoms with van der Waals surface area (Å²) in [6.45, 7) is 0.261. The van der Waals surface area contributed by atoms with Crippen molar-refractivity contribution in [2.45, 2.75) is 6.42 Å². The van der Waals surface area contributed by atoms with Crippen LogP contribution in [0.15, 0.2) is 18.3 Å². The van der Waals surface area contributed by atoms with Gasteiger partial charge in [-0.25, -0.2) is 13.4 Å². The molecule has 0 radical (unpaired) electrons. The minimum atomic E-state index is -3.07. The second kappa shape index (κ2) is 6.70. The smallest absolute Gasteiger partial charge is 0.273 e. The molecule has 1 fully saturated rings. The number of aliphatic hydroxyl groups excluding tert-OH is 1. The SMILES string of the molecule is O=C(c1ncccc1C#CCO)N1CCCS(=O)(=O)CC1. The van der Waals surface area contributed by atoms with E-state index in [9.17, 15) is 13.2 Å². The van der Waals surface area contributed by atoms with Crippen molar-refractivity contribution in [3.63, 3.8) is 0 Å². The van der Waals surface area contributed by atoms with Crippen LogP contribution in [0.3, 0.4) is 0 Å². The van der Waals surface area contributed by atoms with Gasteiger partial charge in [0.1, 0.15) is 12.3 Å². The van der Waals surface area contributed by atoms with Gasteiger partial charge in [-0.05, 0) is 18.6 Å². The van der Waals surface area contributed by atoms with E-state index in [-0.39, 0.29) is 36.3 Å². The van der Waals surface area contributed by atoms with Crippen LogP contribution in [0.25, 0.3) is 0 Å². The Balaban J connectivity index is 2.24. The van der Waals surface area contributed by atoms with Crippen LogP contribution >= 0.6 is 0 Å². The highest BCUT2D eigenvalue weighted by molar-refractivity contribution is 7.91. The van der Waals surface area contributed by atoms with E-state index < -0.39 is 9.84 Å². The molecule has 21 heavy (non-hydrogen) atoms. The summed E-state index contributed by atoms with van der Waals surface area (Å²) in [5, 5.41) is 8.74. The van der Waals surface area contributed by atoms with E-state index in [1.54, 1.807) is 12.1 Å². The van der Waals surface area contributed by atoms with Gasteiger partial charge in [-0.1, -0.05) is 11.8 Å². The molecule has 1 saturated heterocycles. The van der Waals surface area contributed by atoms with Gasteiger partial charge in [-0.2, -0.15) is 0 Å². The average molecular weight is 308 g/mol. The molecule has 2 heterocycles. The molecule has 0 unspecified atom stereocenters. The first-order valence-electron chi connectivity index (χ1n) is 6.58. The van der Waals surface area contributed by atoms with E-state index in [0.29, 0.717) is 18.5 Å². The molecule has 1 aliphatic rings. The predicted molar refractivity (Wildman–Crippen MR) is 77.4 cm³/mol. The maximum Gasteiger partial charge on any atom is 0.273 e. The largest absolute Gasteiger partial charge is 0.384 e. The Morgan fingerprint density at radius 1 is 1.38 bits per heavy atom. The lowest BCUT2D eigenvalue weighted by Crippen LogP contribution is -2.34. The van der Waals surface area contributed by atoms with Crippen LogP contribution in [0.4, 0.5) is 0 Å². The first-order chi connectivity index (χ1) is 10.0. The minimum absolute atomic E-state index is 0.0246. The van der Waals surface area contributed by atoms with Crippen molar-refractivity contribution in [2.24, 2.45) is 0 Å². The van der Waals surface area contributed by atoms with Gasteiger partial charge in [0.2, 0.25) is 0 Å². The lowest BCUT2D eigenvalue weighted by molar-refractivity contribution is 0.0762. The first-order valence-corrected chi connectivity index (χ1v) is 8.40. The molecular formula is C14H16N2O4S. The lowest BCUT2D eigenvalue weighted by Gasteiger charge is -2.19. The number of pyridine rings is 1. The maximum atomic E-state index is 12.5. The fraction of sp³-hybridized carbons (Fsp3) is 0.429. The summed E-state index contributed by atoms with van der Waals surface area (Å²) in [7, 11) is -3.07. The molecular weight excluding hydrogens is 292 g/mol. The highest BCUT2D eigenvalue weighted by Gasteiger charge is 2.25. The zero-order chi connectivity index (χ0) is 15.3. The molecule has 1 N–H and O–H groups in total. The average Bonchev–Trinajstić information content (AvgIpc) is 2.65. The number of amides is 1. The molecule has 2 rings (SSSR count). The minimum Gasteiger partial charge on any atom is -0.384 e. The molecule has 1 aromatic rings. The number of nitrogens with zero attached hydrogens (tertiary/aromatic N) is 2. The summed E-state index contributed by atoms with van der Waals surface area (Å²) in [6, 6.07) is 3.31. The molecule has 0 spiro atoms. The Morgan fingerprint density at radius 3 is 2.95 bits per heavy atom. The van der Waals surface area contributed by atoms with Crippen molar-refractivity contribution >= 4 is 15.7 Å². The van der Waals surface area contributed by atoms with Crippen LogP contribution in [0, 0.1) is 11.8 Å². The monoisotopic (exact) mass is 308 g/mol. The molecule has 0 atom stereocenters. The van der Waals surface area contributed by atoms with Crippen molar-refractivity contribution in [2.75, 3.05) is 31.2 Å². The Kier molecular flexibility index (Phi) is 4.94. The van der Waals surface area contributed by atoms with Gasteiger partial charge in [-0.3, -0.25) is 4.79 Å². The molecule has 0 saturated carbocycles. The molecule has 0 bridgehead atoms. The van der Waals surface area contributed by atoms with E-state index >= 15 is 0 Å². The second-order valence-corrected chi connectivity index (χ2v) is 6.96. The quantitative estimate of drug-likeness (QED) is 0.719. The summed E-state index contributed by atoms with van der Waals surface area (Å²) in [5.74, 6) is 4.93. The van der Waals surface area contributed by atoms with Gasteiger partial charge in [0.15, 0.2) is 9.84 Å². The highest BCUT2D eigenvalue weighted by atomic mass is 32.2. The van der Waals surface area contributed by atoms with E-state index in [2.05, 4.69) is 16.8 Å². The molecule has 1 aromatic heterocycles. The number of sulfone groups is 1. The van der Waals surface area contributed by atoms with Crippen molar-refractivity contribution in [1.29, 1.82) is 0 Å². The normalized spacial score (nSPS) is 17.5. The molecule has 0 aromatic carbocycles. The van der Waals surface area contributed by atoms with E-state index in [1.807, 2.05) is 0 Å². The van der Waals surface area contributed by atoms with Crippen molar-refractivity contribution < 1.29 is 18.3 Å². The molecule has 0 aliphatic carbocycles. The molecule has 112 valence electrons. The third kappa shape index (κ3) is 4.03. The Bertz CT molecular complexity index is 688.